The summed E-state index contributed by atoms with van der Waals surface area (Å²) >= 11 is 0. The zero-order chi connectivity index (χ0) is 19.1. The predicted molar refractivity (Wildman–Crippen MR) is 94.0 cm³/mol. The number of hydrogen-bond acceptors (Lipinski definition) is 6. The summed E-state index contributed by atoms with van der Waals surface area (Å²) in [7, 11) is 0. The van der Waals surface area contributed by atoms with Crippen LogP contribution in [-0.2, 0) is 13.1 Å². The first-order valence-corrected chi connectivity index (χ1v) is 8.39. The van der Waals surface area contributed by atoms with E-state index in [0.717, 1.165) is 5.56 Å². The van der Waals surface area contributed by atoms with Crippen LogP contribution in [0.4, 0.5) is 8.78 Å². The Morgan fingerprint density at radius 3 is 2.52 bits per heavy atom. The lowest BCUT2D eigenvalue weighted by Gasteiger charge is -2.19. The van der Waals surface area contributed by atoms with Gasteiger partial charge in [0.25, 0.3) is 0 Å². The highest BCUT2D eigenvalue weighted by Crippen LogP contribution is 2.29. The maximum absolute atomic E-state index is 12.6. The quantitative estimate of drug-likeness (QED) is 0.619. The summed E-state index contributed by atoms with van der Waals surface area (Å²) in [4.78, 5) is 6.24. The van der Waals surface area contributed by atoms with Crippen molar-refractivity contribution in [2.75, 3.05) is 13.2 Å². The molecule has 2 aromatic carbocycles. The number of aliphatic hydroxyl groups is 1. The van der Waals surface area contributed by atoms with Crippen LogP contribution in [0.5, 0.6) is 5.75 Å². The minimum atomic E-state index is -2.94. The Morgan fingerprint density at radius 2 is 1.78 bits per heavy atom. The molecule has 0 unspecified atom stereocenters. The maximum Gasteiger partial charge on any atom is 0.387 e. The zero-order valence-corrected chi connectivity index (χ0v) is 14.5. The molecule has 1 aromatic heterocycles. The van der Waals surface area contributed by atoms with Crippen molar-refractivity contribution in [1.29, 1.82) is 0 Å². The van der Waals surface area contributed by atoms with Crippen LogP contribution in [0.3, 0.4) is 0 Å². The molecule has 0 aliphatic rings. The van der Waals surface area contributed by atoms with Crippen molar-refractivity contribution in [3.63, 3.8) is 0 Å². The molecular weight excluding hydrogens is 356 g/mol. The standard InChI is InChI=1S/C19H19F2N3O3/c20-19(21)26-16-9-5-4-8-15(16)18-22-17(27-23-18)13-24(10-11-25)12-14-6-2-1-3-7-14/h1-9,19,25H,10-13H2. The lowest BCUT2D eigenvalue weighted by atomic mass is 10.2. The largest absolute Gasteiger partial charge is 0.434 e. The fourth-order valence-electron chi connectivity index (χ4n) is 2.67. The van der Waals surface area contributed by atoms with Gasteiger partial charge in [0.1, 0.15) is 5.75 Å². The van der Waals surface area contributed by atoms with Crippen molar-refractivity contribution in [2.45, 2.75) is 19.7 Å². The molecule has 1 heterocycles. The Bertz CT molecular complexity index is 843. The molecule has 0 aliphatic heterocycles. The fraction of sp³-hybridized carbons (Fsp3) is 0.263. The molecule has 8 heteroatoms. The lowest BCUT2D eigenvalue weighted by molar-refractivity contribution is -0.0494. The highest BCUT2D eigenvalue weighted by Gasteiger charge is 2.17. The second kappa shape index (κ2) is 9.20. The molecule has 0 saturated carbocycles. The first-order valence-electron chi connectivity index (χ1n) is 8.39. The van der Waals surface area contributed by atoms with Gasteiger partial charge < -0.3 is 14.4 Å². The predicted octanol–water partition coefficient (Wildman–Crippen LogP) is 3.33. The van der Waals surface area contributed by atoms with Gasteiger partial charge in [0, 0.05) is 13.1 Å². The summed E-state index contributed by atoms with van der Waals surface area (Å²) in [6.45, 7) is -1.61. The number of ether oxygens (including phenoxy) is 1. The average Bonchev–Trinajstić information content (AvgIpc) is 3.11. The highest BCUT2D eigenvalue weighted by atomic mass is 19.3. The molecule has 0 radical (unpaired) electrons. The Morgan fingerprint density at radius 1 is 1.04 bits per heavy atom. The maximum atomic E-state index is 12.6. The van der Waals surface area contributed by atoms with Crippen molar-refractivity contribution < 1.29 is 23.1 Å². The lowest BCUT2D eigenvalue weighted by Crippen LogP contribution is -2.26. The van der Waals surface area contributed by atoms with E-state index in [-0.39, 0.29) is 18.2 Å². The number of benzene rings is 2. The average molecular weight is 375 g/mol. The van der Waals surface area contributed by atoms with Gasteiger partial charge in [-0.05, 0) is 17.7 Å². The van der Waals surface area contributed by atoms with E-state index >= 15 is 0 Å². The minimum Gasteiger partial charge on any atom is -0.434 e. The van der Waals surface area contributed by atoms with E-state index in [4.69, 9.17) is 4.52 Å². The van der Waals surface area contributed by atoms with E-state index < -0.39 is 6.61 Å². The van der Waals surface area contributed by atoms with Gasteiger partial charge in [-0.3, -0.25) is 4.90 Å². The summed E-state index contributed by atoms with van der Waals surface area (Å²) < 4.78 is 34.9. The number of aliphatic hydroxyl groups excluding tert-OH is 1. The van der Waals surface area contributed by atoms with Gasteiger partial charge in [0.15, 0.2) is 0 Å². The van der Waals surface area contributed by atoms with E-state index in [0.29, 0.717) is 31.1 Å². The molecule has 27 heavy (non-hydrogen) atoms. The summed E-state index contributed by atoms with van der Waals surface area (Å²) in [5, 5.41) is 13.2. The summed E-state index contributed by atoms with van der Waals surface area (Å²) in [6, 6.07) is 16.1. The van der Waals surface area contributed by atoms with Gasteiger partial charge in [-0.1, -0.05) is 47.6 Å². The SMILES string of the molecule is OCCN(Cc1ccccc1)Cc1nc(-c2ccccc2OC(F)F)no1. The zero-order valence-electron chi connectivity index (χ0n) is 14.5. The van der Waals surface area contributed by atoms with Crippen LogP contribution in [0.15, 0.2) is 59.1 Å². The van der Waals surface area contributed by atoms with Gasteiger partial charge >= 0.3 is 6.61 Å². The minimum absolute atomic E-state index is 0.0150. The van der Waals surface area contributed by atoms with Crippen LogP contribution in [0.25, 0.3) is 11.4 Å². The van der Waals surface area contributed by atoms with Crippen LogP contribution < -0.4 is 4.74 Å². The van der Waals surface area contributed by atoms with Gasteiger partial charge in [0.2, 0.25) is 11.7 Å². The van der Waals surface area contributed by atoms with Crippen molar-refractivity contribution in [3.05, 3.63) is 66.1 Å². The second-order valence-corrected chi connectivity index (χ2v) is 5.81. The van der Waals surface area contributed by atoms with Crippen molar-refractivity contribution in [1.82, 2.24) is 15.0 Å². The Kier molecular flexibility index (Phi) is 6.45. The number of halogens is 2. The molecule has 3 aromatic rings. The van der Waals surface area contributed by atoms with E-state index in [1.54, 1.807) is 18.2 Å². The monoisotopic (exact) mass is 375 g/mol. The van der Waals surface area contributed by atoms with Crippen LogP contribution in [-0.4, -0.2) is 39.9 Å². The summed E-state index contributed by atoms with van der Waals surface area (Å²) in [5.74, 6) is 0.475. The third kappa shape index (κ3) is 5.32. The second-order valence-electron chi connectivity index (χ2n) is 5.81. The van der Waals surface area contributed by atoms with Crippen LogP contribution >= 0.6 is 0 Å². The fourth-order valence-corrected chi connectivity index (χ4v) is 2.67. The number of rotatable bonds is 9. The van der Waals surface area contributed by atoms with Gasteiger partial charge in [0.05, 0.1) is 18.7 Å². The van der Waals surface area contributed by atoms with Gasteiger partial charge in [-0.25, -0.2) is 0 Å². The third-order valence-electron chi connectivity index (χ3n) is 3.84. The molecule has 3 rings (SSSR count). The summed E-state index contributed by atoms with van der Waals surface area (Å²) in [5.41, 5.74) is 1.41. The molecule has 0 bridgehead atoms. The Hall–Kier alpha value is -2.84. The Labute approximate surface area is 155 Å². The van der Waals surface area contributed by atoms with Crippen molar-refractivity contribution in [3.8, 4) is 17.1 Å². The Balaban J connectivity index is 1.75. The summed E-state index contributed by atoms with van der Waals surface area (Å²) in [6.07, 6.45) is 0. The molecular formula is C19H19F2N3O3. The first-order chi connectivity index (χ1) is 13.2. The van der Waals surface area contributed by atoms with Crippen molar-refractivity contribution >= 4 is 0 Å². The van der Waals surface area contributed by atoms with Gasteiger partial charge in [-0.2, -0.15) is 13.8 Å². The number of alkyl halides is 2. The molecule has 0 aliphatic carbocycles. The molecule has 142 valence electrons. The highest BCUT2D eigenvalue weighted by molar-refractivity contribution is 5.63. The molecule has 6 nitrogen and oxygen atoms in total. The molecule has 0 saturated heterocycles. The van der Waals surface area contributed by atoms with E-state index in [1.807, 2.05) is 35.2 Å². The van der Waals surface area contributed by atoms with E-state index in [9.17, 15) is 13.9 Å². The first kappa shape index (κ1) is 18.9. The molecule has 0 fully saturated rings. The number of aromatic nitrogens is 2. The molecule has 0 spiro atoms. The van der Waals surface area contributed by atoms with E-state index in [2.05, 4.69) is 14.9 Å². The molecule has 1 N–H and O–H groups in total. The normalized spacial score (nSPS) is 11.3. The molecule has 0 atom stereocenters. The topological polar surface area (TPSA) is 71.6 Å². The third-order valence-corrected chi connectivity index (χ3v) is 3.84. The van der Waals surface area contributed by atoms with Crippen LogP contribution in [0, 0.1) is 0 Å². The number of nitrogens with zero attached hydrogens (tertiary/aromatic N) is 3. The number of para-hydroxylation sites is 1. The van der Waals surface area contributed by atoms with Crippen molar-refractivity contribution in [2.24, 2.45) is 0 Å². The van der Waals surface area contributed by atoms with Crippen LogP contribution in [0.2, 0.25) is 0 Å². The van der Waals surface area contributed by atoms with Gasteiger partial charge in [-0.15, -0.1) is 0 Å². The number of hydrogen-bond donors (Lipinski definition) is 1. The smallest absolute Gasteiger partial charge is 0.387 e. The van der Waals surface area contributed by atoms with E-state index in [1.165, 1.54) is 6.07 Å². The van der Waals surface area contributed by atoms with Crippen LogP contribution in [0.1, 0.15) is 11.5 Å². The molecule has 0 amide bonds.